The van der Waals surface area contributed by atoms with E-state index >= 15 is 0 Å². The highest BCUT2D eigenvalue weighted by atomic mass is 16.1. The van der Waals surface area contributed by atoms with Crippen molar-refractivity contribution in [2.45, 2.75) is 60.3 Å². The second-order valence-corrected chi connectivity index (χ2v) is 5.46. The summed E-state index contributed by atoms with van der Waals surface area (Å²) in [5.41, 5.74) is 2.86. The quantitative estimate of drug-likeness (QED) is 0.431. The van der Waals surface area contributed by atoms with Crippen LogP contribution in [0.2, 0.25) is 0 Å². The highest BCUT2D eigenvalue weighted by Crippen LogP contribution is 2.19. The molecule has 0 saturated heterocycles. The first-order valence-electron chi connectivity index (χ1n) is 6.70. The zero-order valence-electron chi connectivity index (χ0n) is 12.1. The van der Waals surface area contributed by atoms with Crippen LogP contribution in [0.4, 0.5) is 0 Å². The molecule has 0 bridgehead atoms. The molecule has 0 aliphatic heterocycles. The molecule has 0 spiro atoms. The molecule has 0 N–H and O–H groups in total. The van der Waals surface area contributed by atoms with Crippen LogP contribution < -0.4 is 0 Å². The van der Waals surface area contributed by atoms with Gasteiger partial charge in [-0.25, -0.2) is 0 Å². The number of hydrogen-bond donors (Lipinski definition) is 0. The molecule has 0 radical (unpaired) electrons. The highest BCUT2D eigenvalue weighted by Gasteiger charge is 2.09. The number of carbonyl (C=O) groups is 1. The van der Waals surface area contributed by atoms with Gasteiger partial charge in [0.2, 0.25) is 0 Å². The molecule has 2 atom stereocenters. The lowest BCUT2D eigenvalue weighted by atomic mass is 9.90. The average Bonchev–Trinajstić information content (AvgIpc) is 2.25. The van der Waals surface area contributed by atoms with E-state index in [0.29, 0.717) is 18.3 Å². The largest absolute Gasteiger partial charge is 0.303 e. The number of aldehydes is 1. The van der Waals surface area contributed by atoms with Crippen LogP contribution in [-0.4, -0.2) is 6.29 Å². The van der Waals surface area contributed by atoms with Crippen LogP contribution in [0, 0.1) is 11.8 Å². The summed E-state index contributed by atoms with van der Waals surface area (Å²) < 4.78 is 0. The van der Waals surface area contributed by atoms with Gasteiger partial charge in [-0.15, -0.1) is 0 Å². The van der Waals surface area contributed by atoms with E-state index in [1.54, 1.807) is 0 Å². The van der Waals surface area contributed by atoms with Gasteiger partial charge in [-0.1, -0.05) is 37.1 Å². The van der Waals surface area contributed by atoms with Crippen LogP contribution in [0.3, 0.4) is 0 Å². The molecule has 0 aliphatic carbocycles. The molecule has 0 aromatic rings. The van der Waals surface area contributed by atoms with Crippen molar-refractivity contribution in [1.82, 2.24) is 0 Å². The predicted molar refractivity (Wildman–Crippen MR) is 76.0 cm³/mol. The lowest BCUT2D eigenvalue weighted by Gasteiger charge is -2.15. The summed E-state index contributed by atoms with van der Waals surface area (Å²) >= 11 is 0. The summed E-state index contributed by atoms with van der Waals surface area (Å²) in [4.78, 5) is 10.4. The number of hydrogen-bond acceptors (Lipinski definition) is 1. The molecule has 0 aromatic carbocycles. The van der Waals surface area contributed by atoms with Crippen LogP contribution >= 0.6 is 0 Å². The van der Waals surface area contributed by atoms with Crippen molar-refractivity contribution in [1.29, 1.82) is 0 Å². The van der Waals surface area contributed by atoms with E-state index in [1.165, 1.54) is 11.1 Å². The first kappa shape index (κ1) is 16.1. The molecule has 0 fully saturated rings. The molecule has 0 amide bonds. The Hall–Kier alpha value is -0.850. The van der Waals surface area contributed by atoms with E-state index in [4.69, 9.17) is 0 Å². The molecule has 0 unspecified atom stereocenters. The van der Waals surface area contributed by atoms with E-state index in [0.717, 1.165) is 25.5 Å². The van der Waals surface area contributed by atoms with Crippen molar-refractivity contribution < 1.29 is 4.79 Å². The van der Waals surface area contributed by atoms with Crippen molar-refractivity contribution in [2.24, 2.45) is 11.8 Å². The second-order valence-electron chi connectivity index (χ2n) is 5.46. The topological polar surface area (TPSA) is 17.1 Å². The molecular weight excluding hydrogens is 208 g/mol. The summed E-state index contributed by atoms with van der Waals surface area (Å²) in [6.07, 6.45) is 9.73. The molecule has 1 nitrogen and oxygen atoms in total. The standard InChI is InChI=1S/C16H28O/c1-13(2)7-6-8-14(3)9-10-15(4)16(5)11-12-17/h7,9,12,15-16H,6,8,10-11H2,1-5H3/b14-9+/t15-,16+/m1/s1. The summed E-state index contributed by atoms with van der Waals surface area (Å²) in [6.45, 7) is 10.9. The Labute approximate surface area is 107 Å². The van der Waals surface area contributed by atoms with Gasteiger partial charge in [0.15, 0.2) is 0 Å². The minimum absolute atomic E-state index is 0.495. The van der Waals surface area contributed by atoms with Crippen LogP contribution in [0.5, 0.6) is 0 Å². The molecule has 0 aromatic heterocycles. The van der Waals surface area contributed by atoms with E-state index in [-0.39, 0.29) is 0 Å². The summed E-state index contributed by atoms with van der Waals surface area (Å²) in [5.74, 6) is 1.09. The van der Waals surface area contributed by atoms with Gasteiger partial charge in [0, 0.05) is 6.42 Å². The van der Waals surface area contributed by atoms with E-state index in [1.807, 2.05) is 0 Å². The first-order valence-corrected chi connectivity index (χ1v) is 6.70. The fourth-order valence-electron chi connectivity index (χ4n) is 1.69. The van der Waals surface area contributed by atoms with Crippen LogP contribution in [-0.2, 0) is 4.79 Å². The van der Waals surface area contributed by atoms with Gasteiger partial charge in [0.1, 0.15) is 6.29 Å². The first-order chi connectivity index (χ1) is 7.97. The van der Waals surface area contributed by atoms with Crippen LogP contribution in [0.25, 0.3) is 0 Å². The zero-order valence-corrected chi connectivity index (χ0v) is 12.1. The predicted octanol–water partition coefficient (Wildman–Crippen LogP) is 4.93. The van der Waals surface area contributed by atoms with Crippen molar-refractivity contribution in [2.75, 3.05) is 0 Å². The number of rotatable bonds is 8. The van der Waals surface area contributed by atoms with E-state index in [2.05, 4.69) is 46.8 Å². The average molecular weight is 236 g/mol. The van der Waals surface area contributed by atoms with Crippen molar-refractivity contribution in [3.05, 3.63) is 23.3 Å². The van der Waals surface area contributed by atoms with Crippen molar-refractivity contribution in [3.63, 3.8) is 0 Å². The molecule has 98 valence electrons. The third kappa shape index (κ3) is 8.91. The molecule has 0 rings (SSSR count). The Bertz CT molecular complexity index is 269. The Kier molecular flexibility index (Phi) is 8.75. The van der Waals surface area contributed by atoms with Crippen molar-refractivity contribution >= 4 is 6.29 Å². The summed E-state index contributed by atoms with van der Waals surface area (Å²) in [7, 11) is 0. The Morgan fingerprint density at radius 3 is 2.12 bits per heavy atom. The molecule has 0 heterocycles. The monoisotopic (exact) mass is 236 g/mol. The third-order valence-corrected chi connectivity index (χ3v) is 3.37. The van der Waals surface area contributed by atoms with Gasteiger partial charge >= 0.3 is 0 Å². The van der Waals surface area contributed by atoms with Crippen LogP contribution in [0.1, 0.15) is 60.3 Å². The van der Waals surface area contributed by atoms with Gasteiger partial charge in [-0.05, 0) is 51.9 Å². The lowest BCUT2D eigenvalue weighted by Crippen LogP contribution is -2.07. The molecular formula is C16H28O. The van der Waals surface area contributed by atoms with Gasteiger partial charge in [-0.2, -0.15) is 0 Å². The second kappa shape index (κ2) is 9.21. The van der Waals surface area contributed by atoms with E-state index < -0.39 is 0 Å². The van der Waals surface area contributed by atoms with Gasteiger partial charge < -0.3 is 4.79 Å². The Morgan fingerprint density at radius 1 is 1.00 bits per heavy atom. The van der Waals surface area contributed by atoms with Gasteiger partial charge in [0.05, 0.1) is 0 Å². The summed E-state index contributed by atoms with van der Waals surface area (Å²) in [5, 5.41) is 0. The third-order valence-electron chi connectivity index (χ3n) is 3.37. The highest BCUT2D eigenvalue weighted by molar-refractivity contribution is 5.49. The fraction of sp³-hybridized carbons (Fsp3) is 0.688. The normalized spacial score (nSPS) is 15.2. The molecule has 0 aliphatic rings. The maximum absolute atomic E-state index is 10.4. The van der Waals surface area contributed by atoms with E-state index in [9.17, 15) is 4.79 Å². The van der Waals surface area contributed by atoms with Crippen LogP contribution in [0.15, 0.2) is 23.3 Å². The Morgan fingerprint density at radius 2 is 1.59 bits per heavy atom. The zero-order chi connectivity index (χ0) is 13.3. The van der Waals surface area contributed by atoms with Gasteiger partial charge in [0.25, 0.3) is 0 Å². The molecule has 0 saturated carbocycles. The minimum Gasteiger partial charge on any atom is -0.303 e. The lowest BCUT2D eigenvalue weighted by molar-refractivity contribution is -0.108. The summed E-state index contributed by atoms with van der Waals surface area (Å²) in [6, 6.07) is 0. The Balaban J connectivity index is 3.97. The maximum Gasteiger partial charge on any atom is 0.120 e. The number of carbonyl (C=O) groups excluding carboxylic acids is 1. The SMILES string of the molecule is CC(C)=CCC/C(C)=C/C[C@@H](C)[C@@H](C)CC=O. The molecule has 1 heteroatoms. The number of allylic oxidation sites excluding steroid dienone is 4. The maximum atomic E-state index is 10.4. The smallest absolute Gasteiger partial charge is 0.120 e. The van der Waals surface area contributed by atoms with Crippen molar-refractivity contribution in [3.8, 4) is 0 Å². The van der Waals surface area contributed by atoms with Gasteiger partial charge in [-0.3, -0.25) is 0 Å². The fourth-order valence-corrected chi connectivity index (χ4v) is 1.69. The molecule has 17 heavy (non-hydrogen) atoms. The minimum atomic E-state index is 0.495.